The number of pyridine rings is 2. The minimum atomic E-state index is 0.373. The molecular weight excluding hydrogens is 402 g/mol. The molecule has 158 valence electrons. The fourth-order valence-electron chi connectivity index (χ4n) is 3.32. The molecule has 5 rings (SSSR count). The molecule has 5 heterocycles. The summed E-state index contributed by atoms with van der Waals surface area (Å²) in [6, 6.07) is 7.83. The lowest BCUT2D eigenvalue weighted by Gasteiger charge is -2.09. The molecule has 0 amide bonds. The lowest BCUT2D eigenvalue weighted by atomic mass is 10.1. The van der Waals surface area contributed by atoms with Crippen LogP contribution in [0.15, 0.2) is 67.8 Å². The Balaban J connectivity index is 1.40. The van der Waals surface area contributed by atoms with Gasteiger partial charge in [0.25, 0.3) is 0 Å². The summed E-state index contributed by atoms with van der Waals surface area (Å²) in [5.74, 6) is 1.72. The zero-order valence-corrected chi connectivity index (χ0v) is 17.7. The van der Waals surface area contributed by atoms with Gasteiger partial charge in [-0.25, -0.2) is 15.0 Å². The number of hydrogen-bond acceptors (Lipinski definition) is 8. The van der Waals surface area contributed by atoms with Crippen LogP contribution in [0, 0.1) is 0 Å². The molecule has 0 aliphatic rings. The zero-order chi connectivity index (χ0) is 21.9. The normalized spacial score (nSPS) is 11.2. The van der Waals surface area contributed by atoms with Gasteiger partial charge in [0.1, 0.15) is 12.1 Å². The van der Waals surface area contributed by atoms with Crippen LogP contribution in [0.2, 0.25) is 0 Å². The topological polar surface area (TPSA) is 107 Å². The van der Waals surface area contributed by atoms with E-state index in [9.17, 15) is 0 Å². The van der Waals surface area contributed by atoms with Gasteiger partial charge in [0.2, 0.25) is 0 Å². The van der Waals surface area contributed by atoms with Crippen molar-refractivity contribution in [1.82, 2.24) is 39.9 Å². The van der Waals surface area contributed by atoms with E-state index in [0.717, 1.165) is 33.3 Å². The summed E-state index contributed by atoms with van der Waals surface area (Å²) in [7, 11) is 0. The van der Waals surface area contributed by atoms with E-state index in [4.69, 9.17) is 4.98 Å². The second kappa shape index (κ2) is 8.46. The van der Waals surface area contributed by atoms with Crippen molar-refractivity contribution in [2.75, 3.05) is 5.32 Å². The van der Waals surface area contributed by atoms with Gasteiger partial charge in [0.05, 0.1) is 30.0 Å². The molecule has 1 N–H and O–H groups in total. The number of nitrogens with zero attached hydrogens (tertiary/aromatic N) is 8. The molecule has 0 atom stereocenters. The monoisotopic (exact) mass is 423 g/mol. The number of rotatable bonds is 6. The van der Waals surface area contributed by atoms with Crippen molar-refractivity contribution in [3.63, 3.8) is 0 Å². The maximum atomic E-state index is 4.72. The van der Waals surface area contributed by atoms with Crippen LogP contribution in [0.5, 0.6) is 0 Å². The Morgan fingerprint density at radius 1 is 0.906 bits per heavy atom. The van der Waals surface area contributed by atoms with E-state index in [2.05, 4.69) is 49.4 Å². The van der Waals surface area contributed by atoms with Gasteiger partial charge >= 0.3 is 0 Å². The summed E-state index contributed by atoms with van der Waals surface area (Å²) in [4.78, 5) is 17.4. The molecule has 0 saturated heterocycles. The van der Waals surface area contributed by atoms with Crippen LogP contribution in [-0.4, -0.2) is 39.9 Å². The Morgan fingerprint density at radius 2 is 1.78 bits per heavy atom. The molecule has 5 aromatic rings. The van der Waals surface area contributed by atoms with Crippen molar-refractivity contribution in [2.24, 2.45) is 0 Å². The molecule has 0 bridgehead atoms. The Bertz CT molecular complexity index is 1360. The molecule has 9 nitrogen and oxygen atoms in total. The molecular formula is C23H21N9. The SMILES string of the molecule is CC(C)c1cnnc(Nc2ccc3ncc(-c4cnn(Cc5cncnc5)c4)cc3n2)c1. The molecule has 0 fully saturated rings. The van der Waals surface area contributed by atoms with E-state index in [1.807, 2.05) is 47.5 Å². The van der Waals surface area contributed by atoms with Gasteiger partial charge in [-0.2, -0.15) is 10.2 Å². The number of anilines is 2. The van der Waals surface area contributed by atoms with Crippen LogP contribution in [0.1, 0.15) is 30.9 Å². The summed E-state index contributed by atoms with van der Waals surface area (Å²) < 4.78 is 1.85. The number of hydrogen-bond donors (Lipinski definition) is 1. The average molecular weight is 423 g/mol. The quantitative estimate of drug-likeness (QED) is 0.437. The highest BCUT2D eigenvalue weighted by Crippen LogP contribution is 2.24. The van der Waals surface area contributed by atoms with Gasteiger partial charge in [-0.05, 0) is 35.7 Å². The molecule has 0 unspecified atom stereocenters. The van der Waals surface area contributed by atoms with Gasteiger partial charge in [-0.1, -0.05) is 13.8 Å². The summed E-state index contributed by atoms with van der Waals surface area (Å²) in [6.07, 6.45) is 12.5. The van der Waals surface area contributed by atoms with Crippen molar-refractivity contribution < 1.29 is 0 Å². The van der Waals surface area contributed by atoms with E-state index in [0.29, 0.717) is 24.1 Å². The minimum absolute atomic E-state index is 0.373. The first-order valence-corrected chi connectivity index (χ1v) is 10.3. The molecule has 0 spiro atoms. The standard InChI is InChI=1S/C23H21N9/c1-15(2)17-6-23(31-27-10-17)30-22-4-3-20-21(29-22)5-18(9-26-20)19-11-28-32(13-19)12-16-7-24-14-25-8-16/h3-11,13-15H,12H2,1-2H3,(H,29,30,31). The fraction of sp³-hybridized carbons (Fsp3) is 0.174. The number of fused-ring (bicyclic) bond motifs is 1. The van der Waals surface area contributed by atoms with E-state index in [1.54, 1.807) is 18.6 Å². The Labute approximate surface area is 184 Å². The third kappa shape index (κ3) is 4.27. The Hall–Kier alpha value is -4.27. The van der Waals surface area contributed by atoms with Crippen molar-refractivity contribution in [1.29, 1.82) is 0 Å². The smallest absolute Gasteiger partial charge is 0.154 e. The van der Waals surface area contributed by atoms with Crippen molar-refractivity contribution in [3.8, 4) is 11.1 Å². The van der Waals surface area contributed by atoms with Crippen molar-refractivity contribution in [3.05, 3.63) is 78.9 Å². The van der Waals surface area contributed by atoms with Crippen LogP contribution < -0.4 is 5.32 Å². The average Bonchev–Trinajstić information content (AvgIpc) is 3.28. The molecule has 0 aliphatic heterocycles. The Kier molecular flexibility index (Phi) is 5.20. The van der Waals surface area contributed by atoms with E-state index < -0.39 is 0 Å². The van der Waals surface area contributed by atoms with Crippen LogP contribution in [-0.2, 0) is 6.54 Å². The van der Waals surface area contributed by atoms with Gasteiger partial charge in [-0.3, -0.25) is 9.67 Å². The number of nitrogens with one attached hydrogen (secondary N) is 1. The first-order chi connectivity index (χ1) is 15.6. The van der Waals surface area contributed by atoms with E-state index in [1.165, 1.54) is 6.33 Å². The summed E-state index contributed by atoms with van der Waals surface area (Å²) in [5, 5.41) is 15.9. The van der Waals surface area contributed by atoms with Gasteiger partial charge < -0.3 is 5.32 Å². The molecule has 0 aromatic carbocycles. The molecule has 0 aliphatic carbocycles. The highest BCUT2D eigenvalue weighted by molar-refractivity contribution is 5.81. The first kappa shape index (κ1) is 19.7. The molecule has 9 heteroatoms. The summed E-state index contributed by atoms with van der Waals surface area (Å²) >= 11 is 0. The van der Waals surface area contributed by atoms with Crippen LogP contribution >= 0.6 is 0 Å². The van der Waals surface area contributed by atoms with Crippen LogP contribution in [0.3, 0.4) is 0 Å². The first-order valence-electron chi connectivity index (χ1n) is 10.3. The largest absolute Gasteiger partial charge is 0.323 e. The Morgan fingerprint density at radius 3 is 2.62 bits per heavy atom. The van der Waals surface area contributed by atoms with E-state index >= 15 is 0 Å². The van der Waals surface area contributed by atoms with Crippen LogP contribution in [0.25, 0.3) is 22.2 Å². The van der Waals surface area contributed by atoms with Gasteiger partial charge in [0, 0.05) is 41.5 Å². The maximum absolute atomic E-state index is 4.72. The predicted octanol–water partition coefficient (Wildman–Crippen LogP) is 3.99. The van der Waals surface area contributed by atoms with Gasteiger partial charge in [-0.15, -0.1) is 5.10 Å². The zero-order valence-electron chi connectivity index (χ0n) is 17.7. The molecule has 5 aromatic heterocycles. The third-order valence-electron chi connectivity index (χ3n) is 5.06. The summed E-state index contributed by atoms with van der Waals surface area (Å²) in [5.41, 5.74) is 5.61. The fourth-order valence-corrected chi connectivity index (χ4v) is 3.32. The third-order valence-corrected chi connectivity index (χ3v) is 5.06. The predicted molar refractivity (Wildman–Crippen MR) is 121 cm³/mol. The lowest BCUT2D eigenvalue weighted by Crippen LogP contribution is -2.00. The highest BCUT2D eigenvalue weighted by Gasteiger charge is 2.08. The van der Waals surface area contributed by atoms with Crippen molar-refractivity contribution >= 4 is 22.7 Å². The second-order valence-electron chi connectivity index (χ2n) is 7.79. The summed E-state index contributed by atoms with van der Waals surface area (Å²) in [6.45, 7) is 4.85. The number of aromatic nitrogens is 8. The molecule has 0 radical (unpaired) electrons. The van der Waals surface area contributed by atoms with Crippen LogP contribution in [0.4, 0.5) is 11.6 Å². The lowest BCUT2D eigenvalue weighted by molar-refractivity contribution is 0.682. The minimum Gasteiger partial charge on any atom is -0.323 e. The van der Waals surface area contributed by atoms with Gasteiger partial charge in [0.15, 0.2) is 5.82 Å². The second-order valence-corrected chi connectivity index (χ2v) is 7.79. The van der Waals surface area contributed by atoms with E-state index in [-0.39, 0.29) is 0 Å². The molecule has 0 saturated carbocycles. The molecule has 32 heavy (non-hydrogen) atoms. The maximum Gasteiger partial charge on any atom is 0.154 e. The van der Waals surface area contributed by atoms with Crippen molar-refractivity contribution in [2.45, 2.75) is 26.3 Å². The highest BCUT2D eigenvalue weighted by atomic mass is 15.3.